The maximum atomic E-state index is 13.4. The average Bonchev–Trinajstić information content (AvgIpc) is 3.15. The van der Waals surface area contributed by atoms with Gasteiger partial charge in [0, 0.05) is 56.4 Å². The number of hydrogen-bond acceptors (Lipinski definition) is 5. The molecule has 2 aliphatic rings. The molecule has 3 unspecified atom stereocenters. The fourth-order valence-corrected chi connectivity index (χ4v) is 5.56. The van der Waals surface area contributed by atoms with Crippen molar-refractivity contribution < 1.29 is 14.3 Å². The first-order chi connectivity index (χ1) is 15.8. The van der Waals surface area contributed by atoms with Crippen LogP contribution in [0, 0.1) is 18.8 Å². The van der Waals surface area contributed by atoms with E-state index < -0.39 is 0 Å². The maximum absolute atomic E-state index is 13.4. The SMILES string of the molecule is CCN(c1c(C)c(C(=O)NCC2C(=O)NC(C)CC2C)cc2c1cnn2C)C1CCOCC1. The lowest BCUT2D eigenvalue weighted by Crippen LogP contribution is -2.50. The Morgan fingerprint density at radius 1 is 1.33 bits per heavy atom. The van der Waals surface area contributed by atoms with E-state index in [-0.39, 0.29) is 29.7 Å². The number of carbonyl (C=O) groups is 2. The predicted octanol–water partition coefficient (Wildman–Crippen LogP) is 2.78. The molecule has 2 saturated heterocycles. The lowest BCUT2D eigenvalue weighted by molar-refractivity contribution is -0.129. The number of amides is 2. The molecular weight excluding hydrogens is 418 g/mol. The van der Waals surface area contributed by atoms with Crippen LogP contribution in [0.1, 0.15) is 56.0 Å². The quantitative estimate of drug-likeness (QED) is 0.699. The molecule has 3 atom stereocenters. The van der Waals surface area contributed by atoms with Crippen molar-refractivity contribution in [3.05, 3.63) is 23.4 Å². The van der Waals surface area contributed by atoms with E-state index in [0.717, 1.165) is 61.2 Å². The zero-order valence-electron chi connectivity index (χ0n) is 20.5. The van der Waals surface area contributed by atoms with Crippen LogP contribution in [0.4, 0.5) is 5.69 Å². The van der Waals surface area contributed by atoms with Crippen molar-refractivity contribution in [1.82, 2.24) is 20.4 Å². The summed E-state index contributed by atoms with van der Waals surface area (Å²) in [6, 6.07) is 2.49. The van der Waals surface area contributed by atoms with Crippen molar-refractivity contribution in [3.63, 3.8) is 0 Å². The number of aromatic nitrogens is 2. The van der Waals surface area contributed by atoms with Gasteiger partial charge < -0.3 is 20.3 Å². The lowest BCUT2D eigenvalue weighted by atomic mass is 9.84. The van der Waals surface area contributed by atoms with Crippen molar-refractivity contribution >= 4 is 28.4 Å². The van der Waals surface area contributed by atoms with E-state index in [4.69, 9.17) is 4.74 Å². The van der Waals surface area contributed by atoms with E-state index in [1.807, 2.05) is 37.8 Å². The van der Waals surface area contributed by atoms with Gasteiger partial charge in [0.05, 0.1) is 23.3 Å². The fourth-order valence-electron chi connectivity index (χ4n) is 5.56. The molecule has 0 saturated carbocycles. The van der Waals surface area contributed by atoms with Gasteiger partial charge in [-0.15, -0.1) is 0 Å². The Kier molecular flexibility index (Phi) is 6.93. The Balaban J connectivity index is 1.65. The summed E-state index contributed by atoms with van der Waals surface area (Å²) in [4.78, 5) is 28.3. The molecule has 0 aliphatic carbocycles. The number of nitrogens with one attached hydrogen (secondary N) is 2. The van der Waals surface area contributed by atoms with E-state index in [0.29, 0.717) is 18.2 Å². The molecule has 0 bridgehead atoms. The number of hydrogen-bond donors (Lipinski definition) is 2. The van der Waals surface area contributed by atoms with Crippen LogP contribution in [0.15, 0.2) is 12.3 Å². The number of nitrogens with zero attached hydrogens (tertiary/aromatic N) is 3. The number of carbonyl (C=O) groups excluding carboxylic acids is 2. The molecule has 1 aromatic carbocycles. The summed E-state index contributed by atoms with van der Waals surface area (Å²) < 4.78 is 7.41. The molecule has 2 N–H and O–H groups in total. The summed E-state index contributed by atoms with van der Waals surface area (Å²) in [5.41, 5.74) is 3.61. The normalized spacial score (nSPS) is 24.0. The summed E-state index contributed by atoms with van der Waals surface area (Å²) in [6.07, 6.45) is 4.76. The highest BCUT2D eigenvalue weighted by atomic mass is 16.5. The molecule has 2 aromatic rings. The lowest BCUT2D eigenvalue weighted by Gasteiger charge is -2.37. The van der Waals surface area contributed by atoms with Gasteiger partial charge in [0.25, 0.3) is 5.91 Å². The third kappa shape index (κ3) is 4.58. The van der Waals surface area contributed by atoms with E-state index >= 15 is 0 Å². The Morgan fingerprint density at radius 2 is 2.06 bits per heavy atom. The Hall–Kier alpha value is -2.61. The van der Waals surface area contributed by atoms with Crippen LogP contribution in [0.3, 0.4) is 0 Å². The molecule has 3 heterocycles. The van der Waals surface area contributed by atoms with Gasteiger partial charge >= 0.3 is 0 Å². The van der Waals surface area contributed by atoms with Crippen LogP contribution in [-0.2, 0) is 16.6 Å². The van der Waals surface area contributed by atoms with Gasteiger partial charge in [-0.25, -0.2) is 0 Å². The van der Waals surface area contributed by atoms with E-state index in [1.165, 1.54) is 0 Å². The highest BCUT2D eigenvalue weighted by Gasteiger charge is 2.33. The first-order valence-electron chi connectivity index (χ1n) is 12.2. The van der Waals surface area contributed by atoms with Crippen molar-refractivity contribution in [2.24, 2.45) is 18.9 Å². The molecule has 1 aromatic heterocycles. The first kappa shape index (κ1) is 23.5. The third-order valence-electron chi connectivity index (χ3n) is 7.40. The zero-order chi connectivity index (χ0) is 23.7. The molecular formula is C25H37N5O3. The largest absolute Gasteiger partial charge is 0.381 e. The minimum atomic E-state index is -0.209. The second-order valence-electron chi connectivity index (χ2n) is 9.67. The third-order valence-corrected chi connectivity index (χ3v) is 7.40. The molecule has 0 spiro atoms. The van der Waals surface area contributed by atoms with Crippen LogP contribution in [0.5, 0.6) is 0 Å². The summed E-state index contributed by atoms with van der Waals surface area (Å²) in [5, 5.41) is 11.6. The average molecular weight is 456 g/mol. The van der Waals surface area contributed by atoms with Crippen molar-refractivity contribution in [2.45, 2.75) is 59.0 Å². The minimum absolute atomic E-state index is 0.0257. The van der Waals surface area contributed by atoms with Crippen LogP contribution in [0.25, 0.3) is 10.9 Å². The van der Waals surface area contributed by atoms with Gasteiger partial charge in [0.1, 0.15) is 0 Å². The van der Waals surface area contributed by atoms with Gasteiger partial charge in [-0.2, -0.15) is 5.10 Å². The van der Waals surface area contributed by atoms with E-state index in [9.17, 15) is 9.59 Å². The fraction of sp³-hybridized carbons (Fsp3) is 0.640. The molecule has 8 nitrogen and oxygen atoms in total. The highest BCUT2D eigenvalue weighted by Crippen LogP contribution is 2.36. The number of ether oxygens (including phenoxy) is 1. The Labute approximate surface area is 196 Å². The molecule has 4 rings (SSSR count). The van der Waals surface area contributed by atoms with Gasteiger partial charge in [-0.05, 0) is 57.6 Å². The van der Waals surface area contributed by atoms with Gasteiger partial charge in [0.2, 0.25) is 5.91 Å². The smallest absolute Gasteiger partial charge is 0.251 e. The molecule has 33 heavy (non-hydrogen) atoms. The number of fused-ring (bicyclic) bond motifs is 1. The Bertz CT molecular complexity index is 1030. The van der Waals surface area contributed by atoms with Crippen molar-refractivity contribution in [2.75, 3.05) is 31.2 Å². The van der Waals surface area contributed by atoms with Crippen molar-refractivity contribution in [3.8, 4) is 0 Å². The van der Waals surface area contributed by atoms with E-state index in [1.54, 1.807) is 0 Å². The van der Waals surface area contributed by atoms with Crippen LogP contribution in [0.2, 0.25) is 0 Å². The summed E-state index contributed by atoms with van der Waals surface area (Å²) in [6.45, 7) is 11.0. The number of piperidine rings is 1. The number of anilines is 1. The zero-order valence-corrected chi connectivity index (χ0v) is 20.5. The summed E-state index contributed by atoms with van der Waals surface area (Å²) >= 11 is 0. The highest BCUT2D eigenvalue weighted by molar-refractivity contribution is 6.05. The predicted molar refractivity (Wildman–Crippen MR) is 130 cm³/mol. The first-order valence-corrected chi connectivity index (χ1v) is 12.2. The molecule has 2 fully saturated rings. The van der Waals surface area contributed by atoms with Crippen LogP contribution >= 0.6 is 0 Å². The van der Waals surface area contributed by atoms with Crippen LogP contribution < -0.4 is 15.5 Å². The number of benzene rings is 1. The summed E-state index contributed by atoms with van der Waals surface area (Å²) in [5.74, 6) is -0.0923. The van der Waals surface area contributed by atoms with Crippen LogP contribution in [-0.4, -0.2) is 60.0 Å². The van der Waals surface area contributed by atoms with Gasteiger partial charge in [-0.1, -0.05) is 6.92 Å². The standard InChI is InChI=1S/C25H37N5O3/c1-6-30(18-7-9-33-10-8-18)23-17(4)19(12-22-21(23)14-27-29(22)5)24(31)26-13-20-15(2)11-16(3)28-25(20)32/h12,14-16,18,20H,6-11,13H2,1-5H3,(H,26,31)(H,28,32). The second-order valence-corrected chi connectivity index (χ2v) is 9.67. The topological polar surface area (TPSA) is 88.5 Å². The summed E-state index contributed by atoms with van der Waals surface area (Å²) in [7, 11) is 1.91. The molecule has 180 valence electrons. The molecule has 2 amide bonds. The second kappa shape index (κ2) is 9.71. The monoisotopic (exact) mass is 455 g/mol. The Morgan fingerprint density at radius 3 is 2.73 bits per heavy atom. The van der Waals surface area contributed by atoms with E-state index in [2.05, 4.69) is 34.5 Å². The molecule has 2 aliphatic heterocycles. The number of aryl methyl sites for hydroxylation is 1. The van der Waals surface area contributed by atoms with Gasteiger partial charge in [-0.3, -0.25) is 14.3 Å². The van der Waals surface area contributed by atoms with Gasteiger partial charge in [0.15, 0.2) is 0 Å². The van der Waals surface area contributed by atoms with Crippen molar-refractivity contribution in [1.29, 1.82) is 0 Å². The maximum Gasteiger partial charge on any atom is 0.251 e. The number of rotatable bonds is 6. The molecule has 8 heteroatoms. The minimum Gasteiger partial charge on any atom is -0.381 e. The molecule has 0 radical (unpaired) electrons.